The molecule has 27 heavy (non-hydrogen) atoms. The molecule has 0 saturated heterocycles. The lowest BCUT2D eigenvalue weighted by molar-refractivity contribution is -0.117. The molecule has 144 valence electrons. The van der Waals surface area contributed by atoms with Crippen LogP contribution in [0, 0.1) is 0 Å². The zero-order chi connectivity index (χ0) is 19.3. The predicted octanol–water partition coefficient (Wildman–Crippen LogP) is 5.27. The van der Waals surface area contributed by atoms with Crippen LogP contribution in [0.5, 0.6) is 11.5 Å². The van der Waals surface area contributed by atoms with E-state index in [0.29, 0.717) is 13.0 Å². The fraction of sp³-hybridized carbons (Fsp3) is 0.409. The molecule has 0 unspecified atom stereocenters. The molecule has 2 aromatic carbocycles. The van der Waals surface area contributed by atoms with Crippen molar-refractivity contribution < 1.29 is 14.3 Å². The molecular formula is C22H27NO3S. The third-order valence-corrected chi connectivity index (χ3v) is 5.83. The van der Waals surface area contributed by atoms with Crippen LogP contribution in [0.4, 0.5) is 5.69 Å². The highest BCUT2D eigenvalue weighted by atomic mass is 32.2. The summed E-state index contributed by atoms with van der Waals surface area (Å²) < 4.78 is 11.1. The first-order valence-electron chi connectivity index (χ1n) is 9.32. The van der Waals surface area contributed by atoms with Gasteiger partial charge in [-0.3, -0.25) is 4.79 Å². The van der Waals surface area contributed by atoms with E-state index < -0.39 is 0 Å². The zero-order valence-corrected chi connectivity index (χ0v) is 17.0. The average Bonchev–Trinajstić information content (AvgIpc) is 2.64. The Bertz CT molecular complexity index is 787. The molecule has 1 N–H and O–H groups in total. The van der Waals surface area contributed by atoms with Gasteiger partial charge in [-0.2, -0.15) is 0 Å². The minimum atomic E-state index is -0.161. The van der Waals surface area contributed by atoms with Crippen LogP contribution in [0.25, 0.3) is 0 Å². The summed E-state index contributed by atoms with van der Waals surface area (Å²) in [5.41, 5.74) is 1.89. The molecule has 5 heteroatoms. The lowest BCUT2D eigenvalue weighted by Crippen LogP contribution is -2.32. The first kappa shape index (κ1) is 19.6. The van der Waals surface area contributed by atoms with Gasteiger partial charge in [-0.25, -0.2) is 0 Å². The van der Waals surface area contributed by atoms with Gasteiger partial charge in [0.1, 0.15) is 11.5 Å². The molecule has 0 bridgehead atoms. The number of hydrogen-bond acceptors (Lipinski definition) is 4. The topological polar surface area (TPSA) is 47.6 Å². The van der Waals surface area contributed by atoms with Crippen LogP contribution in [0.15, 0.2) is 47.4 Å². The number of carbonyl (C=O) groups excluding carboxylic acids is 1. The monoisotopic (exact) mass is 385 g/mol. The second kappa shape index (κ2) is 8.70. The van der Waals surface area contributed by atoms with Crippen LogP contribution in [0.1, 0.15) is 38.7 Å². The number of hydrogen-bond donors (Lipinski definition) is 1. The molecule has 1 heterocycles. The molecule has 1 amide bonds. The molecule has 0 aliphatic carbocycles. The van der Waals surface area contributed by atoms with Crippen molar-refractivity contribution in [3.63, 3.8) is 0 Å². The van der Waals surface area contributed by atoms with Gasteiger partial charge >= 0.3 is 0 Å². The number of thioether (sulfide) groups is 1. The molecule has 0 aromatic heterocycles. The third-order valence-electron chi connectivity index (χ3n) is 4.73. The average molecular weight is 386 g/mol. The van der Waals surface area contributed by atoms with Gasteiger partial charge in [-0.15, -0.1) is 11.8 Å². The second-order valence-corrected chi connectivity index (χ2v) is 8.56. The van der Waals surface area contributed by atoms with E-state index in [2.05, 4.69) is 37.4 Å². The molecule has 0 radical (unpaired) electrons. The van der Waals surface area contributed by atoms with E-state index in [4.69, 9.17) is 9.47 Å². The Morgan fingerprint density at radius 1 is 1.07 bits per heavy atom. The van der Waals surface area contributed by atoms with Gasteiger partial charge in [0.15, 0.2) is 0 Å². The Morgan fingerprint density at radius 3 is 2.56 bits per heavy atom. The first-order chi connectivity index (χ1) is 13.0. The molecule has 0 saturated carbocycles. The van der Waals surface area contributed by atoms with Crippen LogP contribution in [-0.2, 0) is 10.2 Å². The Morgan fingerprint density at radius 2 is 1.81 bits per heavy atom. The summed E-state index contributed by atoms with van der Waals surface area (Å²) in [5, 5.41) is 2.94. The van der Waals surface area contributed by atoms with E-state index in [9.17, 15) is 4.79 Å². The van der Waals surface area contributed by atoms with Crippen LogP contribution in [0.2, 0.25) is 0 Å². The Hall–Kier alpha value is -2.14. The molecular weight excluding hydrogens is 358 g/mol. The highest BCUT2D eigenvalue weighted by Gasteiger charge is 2.32. The van der Waals surface area contributed by atoms with Crippen molar-refractivity contribution in [3.05, 3.63) is 48.0 Å². The quantitative estimate of drug-likeness (QED) is 0.497. The third kappa shape index (κ3) is 5.19. The van der Waals surface area contributed by atoms with E-state index in [0.717, 1.165) is 41.3 Å². The number of anilines is 1. The molecule has 0 spiro atoms. The predicted molar refractivity (Wildman–Crippen MR) is 111 cm³/mol. The maximum Gasteiger partial charge on any atom is 0.225 e. The van der Waals surface area contributed by atoms with E-state index in [-0.39, 0.29) is 11.3 Å². The van der Waals surface area contributed by atoms with E-state index >= 15 is 0 Å². The number of benzene rings is 2. The fourth-order valence-electron chi connectivity index (χ4n) is 3.23. The summed E-state index contributed by atoms with van der Waals surface area (Å²) in [6.07, 6.45) is 2.62. The number of methoxy groups -OCH3 is 1. The van der Waals surface area contributed by atoms with Gasteiger partial charge in [0.25, 0.3) is 0 Å². The highest BCUT2D eigenvalue weighted by molar-refractivity contribution is 7.99. The van der Waals surface area contributed by atoms with Crippen molar-refractivity contribution in [2.45, 2.75) is 43.4 Å². The molecule has 0 fully saturated rings. The number of carbonyl (C=O) groups is 1. The van der Waals surface area contributed by atoms with Gasteiger partial charge in [0, 0.05) is 22.4 Å². The van der Waals surface area contributed by atoms with Crippen LogP contribution in [0.3, 0.4) is 0 Å². The Balaban J connectivity index is 1.42. The maximum absolute atomic E-state index is 11.8. The first-order valence-corrected chi connectivity index (χ1v) is 10.3. The van der Waals surface area contributed by atoms with Crippen molar-refractivity contribution >= 4 is 23.4 Å². The molecule has 2 aromatic rings. The minimum absolute atomic E-state index is 0.0792. The smallest absolute Gasteiger partial charge is 0.225 e. The largest absolute Gasteiger partial charge is 0.497 e. The van der Waals surface area contributed by atoms with Gasteiger partial charge in [0.05, 0.1) is 13.7 Å². The number of unbranched alkanes of at least 4 members (excludes halogenated alkanes) is 1. The van der Waals surface area contributed by atoms with Gasteiger partial charge in [0.2, 0.25) is 5.91 Å². The van der Waals surface area contributed by atoms with Crippen molar-refractivity contribution in [1.29, 1.82) is 0 Å². The number of nitrogens with one attached hydrogen (secondary N) is 1. The maximum atomic E-state index is 11.8. The van der Waals surface area contributed by atoms with Crippen molar-refractivity contribution in [3.8, 4) is 11.5 Å². The summed E-state index contributed by atoms with van der Waals surface area (Å²) in [6.45, 7) is 4.91. The standard InChI is InChI=1S/C22H27NO3S/c1-22(2)15-21(24)23-20-11-8-17(14-19(20)22)26-12-4-5-13-27-18-9-6-16(25-3)7-10-18/h6-11,14H,4-5,12-13,15H2,1-3H3,(H,23,24). The Labute approximate surface area is 165 Å². The molecule has 0 atom stereocenters. The van der Waals surface area contributed by atoms with Crippen molar-refractivity contribution in [2.24, 2.45) is 0 Å². The van der Waals surface area contributed by atoms with Crippen LogP contribution in [-0.4, -0.2) is 25.4 Å². The lowest BCUT2D eigenvalue weighted by atomic mass is 9.78. The van der Waals surface area contributed by atoms with Gasteiger partial charge in [-0.1, -0.05) is 13.8 Å². The van der Waals surface area contributed by atoms with Crippen molar-refractivity contribution in [1.82, 2.24) is 0 Å². The second-order valence-electron chi connectivity index (χ2n) is 7.40. The number of rotatable bonds is 8. The van der Waals surface area contributed by atoms with Crippen LogP contribution >= 0.6 is 11.8 Å². The zero-order valence-electron chi connectivity index (χ0n) is 16.2. The van der Waals surface area contributed by atoms with Gasteiger partial charge in [-0.05, 0) is 66.6 Å². The summed E-state index contributed by atoms with van der Waals surface area (Å²) in [7, 11) is 1.68. The van der Waals surface area contributed by atoms with E-state index in [1.807, 2.05) is 36.0 Å². The van der Waals surface area contributed by atoms with E-state index in [1.165, 1.54) is 4.90 Å². The summed E-state index contributed by atoms with van der Waals surface area (Å²) in [5.74, 6) is 2.91. The Kier molecular flexibility index (Phi) is 6.32. The fourth-order valence-corrected chi connectivity index (χ4v) is 4.14. The van der Waals surface area contributed by atoms with Gasteiger partial charge < -0.3 is 14.8 Å². The van der Waals surface area contributed by atoms with E-state index in [1.54, 1.807) is 7.11 Å². The number of fused-ring (bicyclic) bond motifs is 1. The molecule has 3 rings (SSSR count). The minimum Gasteiger partial charge on any atom is -0.497 e. The summed E-state index contributed by atoms with van der Waals surface area (Å²) in [4.78, 5) is 13.0. The molecule has 1 aliphatic heterocycles. The van der Waals surface area contributed by atoms with Crippen molar-refractivity contribution in [2.75, 3.05) is 24.8 Å². The lowest BCUT2D eigenvalue weighted by Gasteiger charge is -2.32. The summed E-state index contributed by atoms with van der Waals surface area (Å²) >= 11 is 1.85. The summed E-state index contributed by atoms with van der Waals surface area (Å²) in [6, 6.07) is 14.1. The highest BCUT2D eigenvalue weighted by Crippen LogP contribution is 2.39. The van der Waals surface area contributed by atoms with Crippen LogP contribution < -0.4 is 14.8 Å². The number of ether oxygens (including phenoxy) is 2. The SMILES string of the molecule is COc1ccc(SCCCCOc2ccc3c(c2)C(C)(C)CC(=O)N3)cc1. The number of amides is 1. The molecule has 4 nitrogen and oxygen atoms in total. The molecule has 1 aliphatic rings. The normalized spacial score (nSPS) is 15.0.